The Morgan fingerprint density at radius 1 is 1.00 bits per heavy atom. The average Bonchev–Trinajstić information content (AvgIpc) is 2.82. The second kappa shape index (κ2) is 5.19. The summed E-state index contributed by atoms with van der Waals surface area (Å²) in [7, 11) is 0. The topological polar surface area (TPSA) is 25.2 Å². The summed E-state index contributed by atoms with van der Waals surface area (Å²) in [5.41, 5.74) is 2.66. The highest BCUT2D eigenvalue weighted by Crippen LogP contribution is 2.21. The lowest BCUT2D eigenvalue weighted by Gasteiger charge is -2.20. The minimum atomic E-state index is 0.222. The lowest BCUT2D eigenvalue weighted by atomic mass is 10.0. The third-order valence-electron chi connectivity index (χ3n) is 3.12. The van der Waals surface area contributed by atoms with Crippen LogP contribution in [-0.2, 0) is 0 Å². The van der Waals surface area contributed by atoms with Gasteiger partial charge in [-0.1, -0.05) is 24.3 Å². The van der Waals surface area contributed by atoms with Gasteiger partial charge in [-0.2, -0.15) is 0 Å². The molecule has 2 heteroatoms. The second-order valence-electron chi connectivity index (χ2n) is 4.48. The quantitative estimate of drug-likeness (QED) is 0.857. The normalized spacial score (nSPS) is 14.5. The lowest BCUT2D eigenvalue weighted by Crippen LogP contribution is -2.22. The number of hydrogen-bond acceptors (Lipinski definition) is 2. The molecule has 0 amide bonds. The maximum absolute atomic E-state index is 5.40. The van der Waals surface area contributed by atoms with E-state index >= 15 is 0 Å². The Morgan fingerprint density at radius 2 is 1.76 bits per heavy atom. The number of furan rings is 1. The third kappa shape index (κ3) is 2.77. The van der Waals surface area contributed by atoms with Gasteiger partial charge in [0.25, 0.3) is 0 Å². The van der Waals surface area contributed by atoms with Crippen molar-refractivity contribution in [3.05, 3.63) is 59.5 Å². The Labute approximate surface area is 103 Å². The molecule has 0 aliphatic heterocycles. The van der Waals surface area contributed by atoms with Gasteiger partial charge in [0, 0.05) is 6.04 Å². The summed E-state index contributed by atoms with van der Waals surface area (Å²) in [5.74, 6) is 0.977. The van der Waals surface area contributed by atoms with E-state index in [1.165, 1.54) is 11.1 Å². The van der Waals surface area contributed by atoms with Gasteiger partial charge >= 0.3 is 0 Å². The zero-order valence-electron chi connectivity index (χ0n) is 10.6. The van der Waals surface area contributed by atoms with Crippen molar-refractivity contribution >= 4 is 0 Å². The Balaban J connectivity index is 2.07. The molecule has 17 heavy (non-hydrogen) atoms. The van der Waals surface area contributed by atoms with Crippen molar-refractivity contribution in [1.82, 2.24) is 5.32 Å². The Bertz CT molecular complexity index is 462. The number of rotatable bonds is 4. The van der Waals surface area contributed by atoms with E-state index in [9.17, 15) is 0 Å². The number of aryl methyl sites for hydroxylation is 1. The minimum Gasteiger partial charge on any atom is -0.468 e. The summed E-state index contributed by atoms with van der Waals surface area (Å²) in [6, 6.07) is 12.9. The second-order valence-corrected chi connectivity index (χ2v) is 4.48. The van der Waals surface area contributed by atoms with Gasteiger partial charge in [0.05, 0.1) is 12.3 Å². The van der Waals surface area contributed by atoms with Gasteiger partial charge in [-0.25, -0.2) is 0 Å². The van der Waals surface area contributed by atoms with Crippen molar-refractivity contribution in [1.29, 1.82) is 0 Å². The van der Waals surface area contributed by atoms with Crippen molar-refractivity contribution in [2.45, 2.75) is 32.9 Å². The van der Waals surface area contributed by atoms with E-state index in [0.29, 0.717) is 6.04 Å². The highest BCUT2D eigenvalue weighted by Gasteiger charge is 2.13. The summed E-state index contributed by atoms with van der Waals surface area (Å²) in [4.78, 5) is 0. The molecule has 0 bridgehead atoms. The zero-order chi connectivity index (χ0) is 12.3. The van der Waals surface area contributed by atoms with E-state index in [4.69, 9.17) is 4.42 Å². The van der Waals surface area contributed by atoms with Gasteiger partial charge in [-0.05, 0) is 44.0 Å². The molecule has 0 fully saturated rings. The first kappa shape index (κ1) is 11.9. The highest BCUT2D eigenvalue weighted by molar-refractivity contribution is 5.28. The van der Waals surface area contributed by atoms with E-state index in [1.807, 2.05) is 12.1 Å². The van der Waals surface area contributed by atoms with E-state index in [0.717, 1.165) is 5.76 Å². The van der Waals surface area contributed by atoms with Gasteiger partial charge in [-0.15, -0.1) is 0 Å². The van der Waals surface area contributed by atoms with E-state index in [1.54, 1.807) is 6.26 Å². The fraction of sp³-hybridized carbons (Fsp3) is 0.333. The highest BCUT2D eigenvalue weighted by atomic mass is 16.3. The largest absolute Gasteiger partial charge is 0.468 e. The number of benzene rings is 1. The molecular formula is C15H19NO. The van der Waals surface area contributed by atoms with Gasteiger partial charge < -0.3 is 9.73 Å². The van der Waals surface area contributed by atoms with Crippen LogP contribution >= 0.6 is 0 Å². The van der Waals surface area contributed by atoms with E-state index in [2.05, 4.69) is 50.4 Å². The van der Waals surface area contributed by atoms with Crippen molar-refractivity contribution in [2.24, 2.45) is 0 Å². The van der Waals surface area contributed by atoms with Gasteiger partial charge in [0.15, 0.2) is 0 Å². The Hall–Kier alpha value is -1.54. The molecule has 0 radical (unpaired) electrons. The van der Waals surface area contributed by atoms with Crippen LogP contribution in [0.2, 0.25) is 0 Å². The maximum atomic E-state index is 5.40. The zero-order valence-corrected chi connectivity index (χ0v) is 10.6. The summed E-state index contributed by atoms with van der Waals surface area (Å²) < 4.78 is 5.40. The molecule has 1 aromatic carbocycles. The SMILES string of the molecule is Cc1ccccc1C(C)NC(C)c1ccco1. The van der Waals surface area contributed by atoms with Crippen LogP contribution in [0.4, 0.5) is 0 Å². The van der Waals surface area contributed by atoms with Crippen LogP contribution in [0.5, 0.6) is 0 Å². The van der Waals surface area contributed by atoms with Crippen LogP contribution < -0.4 is 5.32 Å². The molecule has 1 N–H and O–H groups in total. The minimum absolute atomic E-state index is 0.222. The van der Waals surface area contributed by atoms with Gasteiger partial charge in [-0.3, -0.25) is 0 Å². The van der Waals surface area contributed by atoms with Crippen molar-refractivity contribution in [3.63, 3.8) is 0 Å². The standard InChI is InChI=1S/C15H19NO/c1-11-7-4-5-8-14(11)12(2)16-13(3)15-9-6-10-17-15/h4-10,12-13,16H,1-3H3. The molecule has 0 saturated carbocycles. The Morgan fingerprint density at radius 3 is 2.41 bits per heavy atom. The van der Waals surface area contributed by atoms with Crippen molar-refractivity contribution < 1.29 is 4.42 Å². The number of hydrogen-bond donors (Lipinski definition) is 1. The molecule has 1 aromatic heterocycles. The first-order valence-corrected chi connectivity index (χ1v) is 6.03. The average molecular weight is 229 g/mol. The third-order valence-corrected chi connectivity index (χ3v) is 3.12. The summed E-state index contributed by atoms with van der Waals surface area (Å²) >= 11 is 0. The molecule has 2 aromatic rings. The molecule has 90 valence electrons. The summed E-state index contributed by atoms with van der Waals surface area (Å²) in [6.45, 7) is 6.44. The molecule has 0 aliphatic rings. The van der Waals surface area contributed by atoms with Crippen LogP contribution in [0.25, 0.3) is 0 Å². The first-order chi connectivity index (χ1) is 8.18. The maximum Gasteiger partial charge on any atom is 0.120 e. The van der Waals surface area contributed by atoms with Crippen LogP contribution in [0.3, 0.4) is 0 Å². The summed E-state index contributed by atoms with van der Waals surface area (Å²) in [6.07, 6.45) is 1.71. The van der Waals surface area contributed by atoms with Crippen molar-refractivity contribution in [3.8, 4) is 0 Å². The molecular weight excluding hydrogens is 210 g/mol. The van der Waals surface area contributed by atoms with E-state index < -0.39 is 0 Å². The molecule has 2 atom stereocenters. The number of nitrogens with one attached hydrogen (secondary N) is 1. The van der Waals surface area contributed by atoms with Crippen LogP contribution in [0.1, 0.15) is 42.8 Å². The van der Waals surface area contributed by atoms with E-state index in [-0.39, 0.29) is 6.04 Å². The fourth-order valence-corrected chi connectivity index (χ4v) is 2.16. The molecule has 0 aliphatic carbocycles. The molecule has 0 spiro atoms. The van der Waals surface area contributed by atoms with Crippen LogP contribution in [0, 0.1) is 6.92 Å². The predicted octanol–water partition coefficient (Wildman–Crippen LogP) is 4.00. The van der Waals surface area contributed by atoms with Gasteiger partial charge in [0.2, 0.25) is 0 Å². The van der Waals surface area contributed by atoms with Crippen molar-refractivity contribution in [2.75, 3.05) is 0 Å². The molecule has 1 heterocycles. The Kier molecular flexibility index (Phi) is 3.64. The molecule has 2 unspecified atom stereocenters. The summed E-state index contributed by atoms with van der Waals surface area (Å²) in [5, 5.41) is 3.55. The first-order valence-electron chi connectivity index (χ1n) is 6.03. The predicted molar refractivity (Wildman–Crippen MR) is 69.9 cm³/mol. The fourth-order valence-electron chi connectivity index (χ4n) is 2.16. The van der Waals surface area contributed by atoms with Crippen LogP contribution in [-0.4, -0.2) is 0 Å². The molecule has 2 nitrogen and oxygen atoms in total. The molecule has 2 rings (SSSR count). The van der Waals surface area contributed by atoms with Crippen LogP contribution in [0.15, 0.2) is 47.1 Å². The smallest absolute Gasteiger partial charge is 0.120 e. The monoisotopic (exact) mass is 229 g/mol. The lowest BCUT2D eigenvalue weighted by molar-refractivity contribution is 0.402. The molecule has 0 saturated heterocycles. The van der Waals surface area contributed by atoms with Gasteiger partial charge in [0.1, 0.15) is 5.76 Å².